The summed E-state index contributed by atoms with van der Waals surface area (Å²) in [6.45, 7) is 1.83. The number of aliphatic imine (C=N–C) groups is 1. The molecule has 0 saturated heterocycles. The Morgan fingerprint density at radius 2 is 2.08 bits per heavy atom. The number of hydrogen-bond donors (Lipinski definition) is 1. The first kappa shape index (κ1) is 16.2. The van der Waals surface area contributed by atoms with Crippen LogP contribution in [-0.2, 0) is 10.3 Å². The highest BCUT2D eigenvalue weighted by molar-refractivity contribution is 9.10. The summed E-state index contributed by atoms with van der Waals surface area (Å²) in [5.41, 5.74) is -0.125. The number of nitrogens with zero attached hydrogens (tertiary/aromatic N) is 2. The highest BCUT2D eigenvalue weighted by atomic mass is 79.9. The smallest absolute Gasteiger partial charge is 0.292 e. The van der Waals surface area contributed by atoms with Crippen LogP contribution in [0.5, 0.6) is 0 Å². The fraction of sp³-hybridized carbons (Fsp3) is 0.278. The molecule has 1 fully saturated rings. The molecular formula is C18H15BrFN3O2. The van der Waals surface area contributed by atoms with Gasteiger partial charge in [-0.15, -0.1) is 0 Å². The minimum Gasteiger partial charge on any atom is -0.461 e. The van der Waals surface area contributed by atoms with Gasteiger partial charge in [0.25, 0.3) is 11.9 Å². The van der Waals surface area contributed by atoms with E-state index in [0.29, 0.717) is 10.2 Å². The molecule has 0 unspecified atom stereocenters. The van der Waals surface area contributed by atoms with Crippen molar-refractivity contribution < 1.29 is 13.9 Å². The zero-order chi connectivity index (χ0) is 17.6. The summed E-state index contributed by atoms with van der Waals surface area (Å²) in [4.78, 5) is 21.1. The minimum atomic E-state index is -0.879. The maximum atomic E-state index is 14.4. The Morgan fingerprint density at radius 1 is 1.32 bits per heavy atom. The van der Waals surface area contributed by atoms with Crippen molar-refractivity contribution in [2.24, 2.45) is 10.9 Å². The van der Waals surface area contributed by atoms with Crippen LogP contribution in [0.15, 0.2) is 52.1 Å². The maximum absolute atomic E-state index is 14.4. The number of fused-ring (bicyclic) bond motifs is 1. The van der Waals surface area contributed by atoms with E-state index in [1.165, 1.54) is 6.07 Å². The molecule has 1 aromatic heterocycles. The van der Waals surface area contributed by atoms with Crippen molar-refractivity contribution in [3.63, 3.8) is 0 Å². The van der Waals surface area contributed by atoms with Gasteiger partial charge in [-0.3, -0.25) is 10.1 Å². The number of ether oxygens (including phenoxy) is 1. The zero-order valence-corrected chi connectivity index (χ0v) is 15.0. The third-order valence-corrected chi connectivity index (χ3v) is 5.04. The predicted octanol–water partition coefficient (Wildman–Crippen LogP) is 3.40. The van der Waals surface area contributed by atoms with Gasteiger partial charge in [0.05, 0.1) is 0 Å². The molecule has 1 N–H and O–H groups in total. The molecule has 7 heteroatoms. The topological polar surface area (TPSA) is 63.6 Å². The van der Waals surface area contributed by atoms with Gasteiger partial charge in [0.2, 0.25) is 0 Å². The molecule has 1 aliphatic carbocycles. The highest BCUT2D eigenvalue weighted by Crippen LogP contribution is 2.52. The van der Waals surface area contributed by atoms with Gasteiger partial charge in [-0.2, -0.15) is 0 Å². The fourth-order valence-electron chi connectivity index (χ4n) is 3.18. The van der Waals surface area contributed by atoms with E-state index in [0.717, 1.165) is 6.42 Å². The number of hydrogen-bond acceptors (Lipinski definition) is 4. The molecule has 5 nitrogen and oxygen atoms in total. The monoisotopic (exact) mass is 403 g/mol. The molecule has 0 radical (unpaired) electrons. The van der Waals surface area contributed by atoms with Gasteiger partial charge in [-0.25, -0.2) is 14.4 Å². The average molecular weight is 404 g/mol. The second-order valence-corrected chi connectivity index (χ2v) is 7.16. The number of benzene rings is 1. The Morgan fingerprint density at radius 3 is 2.84 bits per heavy atom. The van der Waals surface area contributed by atoms with Gasteiger partial charge in [-0.1, -0.05) is 18.2 Å². The van der Waals surface area contributed by atoms with Crippen LogP contribution in [0.3, 0.4) is 0 Å². The van der Waals surface area contributed by atoms with E-state index >= 15 is 0 Å². The molecule has 2 heterocycles. The SMILES string of the molecule is C[C@@]1(c2nc(Br)ccc2F)N=C(NC(=O)c2ccccc2)O[C@H]2C[C@H]21. The second kappa shape index (κ2) is 5.91. The van der Waals surface area contributed by atoms with Crippen molar-refractivity contribution in [3.05, 3.63) is 64.1 Å². The van der Waals surface area contributed by atoms with E-state index in [2.05, 4.69) is 31.2 Å². The number of pyridine rings is 1. The van der Waals surface area contributed by atoms with Crippen LogP contribution in [0.1, 0.15) is 29.4 Å². The first-order valence-electron chi connectivity index (χ1n) is 7.93. The quantitative estimate of drug-likeness (QED) is 0.781. The first-order valence-corrected chi connectivity index (χ1v) is 8.72. The van der Waals surface area contributed by atoms with Gasteiger partial charge in [0.1, 0.15) is 27.8 Å². The lowest BCUT2D eigenvalue weighted by atomic mass is 9.90. The van der Waals surface area contributed by atoms with E-state index < -0.39 is 11.4 Å². The molecule has 0 spiro atoms. The van der Waals surface area contributed by atoms with Crippen molar-refractivity contribution in [1.29, 1.82) is 0 Å². The van der Waals surface area contributed by atoms with Crippen LogP contribution in [0, 0.1) is 11.7 Å². The molecule has 128 valence electrons. The number of aromatic nitrogens is 1. The zero-order valence-electron chi connectivity index (χ0n) is 13.4. The third kappa shape index (κ3) is 2.93. The summed E-state index contributed by atoms with van der Waals surface area (Å²) >= 11 is 3.28. The lowest BCUT2D eigenvalue weighted by molar-refractivity contribution is 0.0955. The molecule has 1 aromatic carbocycles. The summed E-state index contributed by atoms with van der Waals surface area (Å²) in [5.74, 6) is -0.694. The molecule has 1 aliphatic heterocycles. The summed E-state index contributed by atoms with van der Waals surface area (Å²) in [6, 6.07) is 11.8. The summed E-state index contributed by atoms with van der Waals surface area (Å²) < 4.78 is 20.6. The Kier molecular flexibility index (Phi) is 3.83. The standard InChI is InChI=1S/C18H15BrFN3O2/c1-18(15-12(20)7-8-14(19)21-15)11-9-13(11)25-17(23-18)22-16(24)10-5-3-2-4-6-10/h2-8,11,13H,9H2,1H3,(H,22,23,24)/t11-,13+,18-/m1/s1. The normalized spacial score (nSPS) is 26.9. The van der Waals surface area contributed by atoms with Crippen LogP contribution in [-0.4, -0.2) is 23.0 Å². The van der Waals surface area contributed by atoms with Crippen molar-refractivity contribution in [3.8, 4) is 0 Å². The van der Waals surface area contributed by atoms with Crippen molar-refractivity contribution >= 4 is 27.9 Å². The molecule has 2 aromatic rings. The van der Waals surface area contributed by atoms with Gasteiger partial charge >= 0.3 is 0 Å². The van der Waals surface area contributed by atoms with Gasteiger partial charge in [0, 0.05) is 11.5 Å². The third-order valence-electron chi connectivity index (χ3n) is 4.60. The minimum absolute atomic E-state index is 0.0428. The summed E-state index contributed by atoms with van der Waals surface area (Å²) in [5, 5.41) is 2.68. The van der Waals surface area contributed by atoms with Gasteiger partial charge in [-0.05, 0) is 53.5 Å². The number of rotatable bonds is 2. The van der Waals surface area contributed by atoms with E-state index in [1.807, 2.05) is 13.0 Å². The lowest BCUT2D eigenvalue weighted by Gasteiger charge is -2.30. The van der Waals surface area contributed by atoms with Crippen LogP contribution in [0.4, 0.5) is 4.39 Å². The summed E-state index contributed by atoms with van der Waals surface area (Å²) in [6.07, 6.45) is 0.659. The molecular weight excluding hydrogens is 389 g/mol. The fourth-order valence-corrected chi connectivity index (χ4v) is 3.48. The Hall–Kier alpha value is -2.28. The molecule has 3 atom stereocenters. The summed E-state index contributed by atoms with van der Waals surface area (Å²) in [7, 11) is 0. The molecule has 25 heavy (non-hydrogen) atoms. The van der Waals surface area contributed by atoms with Gasteiger partial charge in [0.15, 0.2) is 0 Å². The number of carbonyl (C=O) groups excluding carboxylic acids is 1. The molecule has 4 rings (SSSR count). The predicted molar refractivity (Wildman–Crippen MR) is 93.6 cm³/mol. The van der Waals surface area contributed by atoms with E-state index in [9.17, 15) is 9.18 Å². The Labute approximate surface area is 152 Å². The second-order valence-electron chi connectivity index (χ2n) is 6.35. The van der Waals surface area contributed by atoms with Gasteiger partial charge < -0.3 is 4.74 Å². The molecule has 1 saturated carbocycles. The van der Waals surface area contributed by atoms with Crippen molar-refractivity contribution in [1.82, 2.24) is 10.3 Å². The number of amidine groups is 1. The van der Waals surface area contributed by atoms with E-state index in [-0.39, 0.29) is 29.6 Å². The van der Waals surface area contributed by atoms with E-state index in [4.69, 9.17) is 4.74 Å². The number of nitrogens with one attached hydrogen (secondary N) is 1. The Balaban J connectivity index is 1.66. The molecule has 0 bridgehead atoms. The highest BCUT2D eigenvalue weighted by Gasteiger charge is 2.58. The number of carbonyl (C=O) groups is 1. The number of halogens is 2. The van der Waals surface area contributed by atoms with Crippen molar-refractivity contribution in [2.75, 3.05) is 0 Å². The van der Waals surface area contributed by atoms with Crippen molar-refractivity contribution in [2.45, 2.75) is 25.0 Å². The largest absolute Gasteiger partial charge is 0.461 e. The number of amides is 1. The average Bonchev–Trinajstić information content (AvgIpc) is 3.38. The van der Waals surface area contributed by atoms with Crippen LogP contribution in [0.25, 0.3) is 0 Å². The first-order chi connectivity index (χ1) is 12.0. The van der Waals surface area contributed by atoms with Crippen LogP contribution < -0.4 is 5.32 Å². The Bertz CT molecular complexity index is 874. The van der Waals surface area contributed by atoms with Crippen LogP contribution >= 0.6 is 15.9 Å². The molecule has 2 aliphatic rings. The maximum Gasteiger partial charge on any atom is 0.292 e. The lowest BCUT2D eigenvalue weighted by Crippen LogP contribution is -2.41. The van der Waals surface area contributed by atoms with E-state index in [1.54, 1.807) is 30.3 Å². The molecule has 1 amide bonds. The van der Waals surface area contributed by atoms with Crippen LogP contribution in [0.2, 0.25) is 0 Å².